The third kappa shape index (κ3) is 1.49. The second-order valence-electron chi connectivity index (χ2n) is 3.31. The normalized spacial score (nSPS) is 14.4. The SMILES string of the molecule is COc1cc(O)c(F)c2c1CCC(=O)N2. The van der Waals surface area contributed by atoms with Crippen LogP contribution in [0.3, 0.4) is 0 Å². The highest BCUT2D eigenvalue weighted by atomic mass is 19.1. The first-order valence-electron chi connectivity index (χ1n) is 4.51. The number of rotatable bonds is 1. The van der Waals surface area contributed by atoms with Gasteiger partial charge in [0.15, 0.2) is 11.6 Å². The number of benzene rings is 1. The van der Waals surface area contributed by atoms with E-state index in [-0.39, 0.29) is 11.6 Å². The largest absolute Gasteiger partial charge is 0.505 e. The molecule has 0 bridgehead atoms. The van der Waals surface area contributed by atoms with Crippen molar-refractivity contribution in [3.05, 3.63) is 17.4 Å². The fraction of sp³-hybridized carbons (Fsp3) is 0.300. The Morgan fingerprint density at radius 2 is 2.27 bits per heavy atom. The lowest BCUT2D eigenvalue weighted by Gasteiger charge is -2.20. The quantitative estimate of drug-likeness (QED) is 0.738. The third-order valence-electron chi connectivity index (χ3n) is 2.40. The van der Waals surface area contributed by atoms with E-state index >= 15 is 0 Å². The average molecular weight is 211 g/mol. The van der Waals surface area contributed by atoms with E-state index in [1.54, 1.807) is 0 Å². The molecule has 0 spiro atoms. The first kappa shape index (κ1) is 9.76. The Labute approximate surface area is 85.7 Å². The van der Waals surface area contributed by atoms with Crippen LogP contribution in [0.1, 0.15) is 12.0 Å². The molecule has 15 heavy (non-hydrogen) atoms. The second kappa shape index (κ2) is 3.42. The van der Waals surface area contributed by atoms with Crippen molar-refractivity contribution in [1.29, 1.82) is 0 Å². The highest BCUT2D eigenvalue weighted by molar-refractivity contribution is 5.95. The third-order valence-corrected chi connectivity index (χ3v) is 2.40. The predicted molar refractivity (Wildman–Crippen MR) is 51.6 cm³/mol. The molecule has 0 atom stereocenters. The van der Waals surface area contributed by atoms with E-state index in [1.165, 1.54) is 13.2 Å². The topological polar surface area (TPSA) is 58.6 Å². The molecule has 0 aliphatic carbocycles. The molecule has 5 heteroatoms. The number of phenolic OH excluding ortho intramolecular Hbond substituents is 1. The highest BCUT2D eigenvalue weighted by Gasteiger charge is 2.24. The minimum absolute atomic E-state index is 0.0306. The summed E-state index contributed by atoms with van der Waals surface area (Å²) in [4.78, 5) is 11.1. The number of ether oxygens (including phenoxy) is 1. The van der Waals surface area contributed by atoms with Crippen LogP contribution in [-0.2, 0) is 11.2 Å². The number of carbonyl (C=O) groups excluding carboxylic acids is 1. The van der Waals surface area contributed by atoms with E-state index in [4.69, 9.17) is 4.74 Å². The predicted octanol–water partition coefficient (Wildman–Crippen LogP) is 1.42. The molecule has 2 N–H and O–H groups in total. The van der Waals surface area contributed by atoms with Crippen LogP contribution < -0.4 is 10.1 Å². The molecule has 1 heterocycles. The van der Waals surface area contributed by atoms with Crippen molar-refractivity contribution in [1.82, 2.24) is 0 Å². The maximum atomic E-state index is 13.5. The molecule has 1 aromatic rings. The first-order chi connectivity index (χ1) is 7.13. The van der Waals surface area contributed by atoms with Crippen LogP contribution >= 0.6 is 0 Å². The van der Waals surface area contributed by atoms with Gasteiger partial charge >= 0.3 is 0 Å². The molecule has 0 aromatic heterocycles. The average Bonchev–Trinajstić information content (AvgIpc) is 2.23. The second-order valence-corrected chi connectivity index (χ2v) is 3.31. The van der Waals surface area contributed by atoms with E-state index in [2.05, 4.69) is 5.32 Å². The van der Waals surface area contributed by atoms with Gasteiger partial charge in [0.05, 0.1) is 12.8 Å². The number of nitrogens with one attached hydrogen (secondary N) is 1. The van der Waals surface area contributed by atoms with E-state index < -0.39 is 11.6 Å². The lowest BCUT2D eigenvalue weighted by atomic mass is 10.0. The minimum atomic E-state index is -0.807. The Balaban J connectivity index is 2.61. The van der Waals surface area contributed by atoms with Crippen LogP contribution in [0.25, 0.3) is 0 Å². The van der Waals surface area contributed by atoms with Gasteiger partial charge in [0.25, 0.3) is 0 Å². The molecule has 0 radical (unpaired) electrons. The Morgan fingerprint density at radius 3 is 2.93 bits per heavy atom. The summed E-state index contributed by atoms with van der Waals surface area (Å²) >= 11 is 0. The van der Waals surface area contributed by atoms with Gasteiger partial charge < -0.3 is 15.2 Å². The smallest absolute Gasteiger partial charge is 0.224 e. The van der Waals surface area contributed by atoms with Crippen LogP contribution in [0.5, 0.6) is 11.5 Å². The molecular formula is C10H10FNO3. The Bertz CT molecular complexity index is 431. The maximum absolute atomic E-state index is 13.5. The molecule has 0 fully saturated rings. The lowest BCUT2D eigenvalue weighted by Crippen LogP contribution is -2.20. The summed E-state index contributed by atoms with van der Waals surface area (Å²) in [6.45, 7) is 0. The fourth-order valence-corrected chi connectivity index (χ4v) is 1.66. The van der Waals surface area contributed by atoms with Gasteiger partial charge in [-0.05, 0) is 6.42 Å². The number of hydrogen-bond acceptors (Lipinski definition) is 3. The van der Waals surface area contributed by atoms with E-state index in [9.17, 15) is 14.3 Å². The zero-order valence-electron chi connectivity index (χ0n) is 8.13. The zero-order valence-corrected chi connectivity index (χ0v) is 8.13. The summed E-state index contributed by atoms with van der Waals surface area (Å²) in [6, 6.07) is 1.21. The van der Waals surface area contributed by atoms with Crippen LogP contribution in [0.15, 0.2) is 6.07 Å². The number of methoxy groups -OCH3 is 1. The van der Waals surface area contributed by atoms with Gasteiger partial charge in [0.1, 0.15) is 5.75 Å². The molecule has 1 aliphatic rings. The summed E-state index contributed by atoms with van der Waals surface area (Å²) in [5.41, 5.74) is 0.621. The molecule has 0 unspecified atom stereocenters. The van der Waals surface area contributed by atoms with E-state index in [0.29, 0.717) is 24.2 Å². The molecule has 80 valence electrons. The van der Waals surface area contributed by atoms with Gasteiger partial charge in [-0.25, -0.2) is 4.39 Å². The van der Waals surface area contributed by atoms with E-state index in [1.807, 2.05) is 0 Å². The van der Waals surface area contributed by atoms with E-state index in [0.717, 1.165) is 0 Å². The number of carbonyl (C=O) groups is 1. The molecular weight excluding hydrogens is 201 g/mol. The molecule has 1 aromatic carbocycles. The van der Waals surface area contributed by atoms with Gasteiger partial charge in [-0.1, -0.05) is 0 Å². The fourth-order valence-electron chi connectivity index (χ4n) is 1.66. The number of halogens is 1. The van der Waals surface area contributed by atoms with Gasteiger partial charge in [-0.15, -0.1) is 0 Å². The van der Waals surface area contributed by atoms with Gasteiger partial charge in [0.2, 0.25) is 5.91 Å². The molecule has 4 nitrogen and oxygen atoms in total. The van der Waals surface area contributed by atoms with Crippen molar-refractivity contribution >= 4 is 11.6 Å². The first-order valence-corrected chi connectivity index (χ1v) is 4.51. The monoisotopic (exact) mass is 211 g/mol. The van der Waals surface area contributed by atoms with Gasteiger partial charge in [-0.2, -0.15) is 0 Å². The number of fused-ring (bicyclic) bond motifs is 1. The summed E-state index contributed by atoms with van der Waals surface area (Å²) in [5.74, 6) is -1.19. The number of phenols is 1. The Morgan fingerprint density at radius 1 is 1.53 bits per heavy atom. The van der Waals surface area contributed by atoms with Crippen LogP contribution in [0, 0.1) is 5.82 Å². The number of hydrogen-bond donors (Lipinski definition) is 2. The van der Waals surface area contributed by atoms with Crippen molar-refractivity contribution in [3.63, 3.8) is 0 Å². The number of amides is 1. The molecule has 0 saturated heterocycles. The van der Waals surface area contributed by atoms with Crippen molar-refractivity contribution < 1.29 is 19.0 Å². The van der Waals surface area contributed by atoms with Gasteiger partial charge in [-0.3, -0.25) is 4.79 Å². The summed E-state index contributed by atoms with van der Waals surface area (Å²) < 4.78 is 18.5. The van der Waals surface area contributed by atoms with Crippen LogP contribution in [0.2, 0.25) is 0 Å². The minimum Gasteiger partial charge on any atom is -0.505 e. The molecule has 0 saturated carbocycles. The summed E-state index contributed by atoms with van der Waals surface area (Å²) in [6.07, 6.45) is 0.717. The number of anilines is 1. The molecule has 1 amide bonds. The van der Waals surface area contributed by atoms with Crippen molar-refractivity contribution in [3.8, 4) is 11.5 Å². The Kier molecular flexibility index (Phi) is 2.22. The molecule has 2 rings (SSSR count). The summed E-state index contributed by atoms with van der Waals surface area (Å²) in [5, 5.41) is 11.7. The zero-order chi connectivity index (χ0) is 11.0. The number of aromatic hydroxyl groups is 1. The van der Waals surface area contributed by atoms with Crippen molar-refractivity contribution in [2.45, 2.75) is 12.8 Å². The van der Waals surface area contributed by atoms with Crippen molar-refractivity contribution in [2.75, 3.05) is 12.4 Å². The lowest BCUT2D eigenvalue weighted by molar-refractivity contribution is -0.116. The van der Waals surface area contributed by atoms with Gasteiger partial charge in [0, 0.05) is 18.1 Å². The van der Waals surface area contributed by atoms with Crippen molar-refractivity contribution in [2.24, 2.45) is 0 Å². The Hall–Kier alpha value is -1.78. The summed E-state index contributed by atoms with van der Waals surface area (Å²) in [7, 11) is 1.43. The van der Waals surface area contributed by atoms with Crippen LogP contribution in [-0.4, -0.2) is 18.1 Å². The highest BCUT2D eigenvalue weighted by Crippen LogP contribution is 2.38. The molecule has 1 aliphatic heterocycles. The standard InChI is InChI=1S/C10H10FNO3/c1-15-7-4-6(13)9(11)10-5(7)2-3-8(14)12-10/h4,13H,2-3H2,1H3,(H,12,14). The van der Waals surface area contributed by atoms with Crippen LogP contribution in [0.4, 0.5) is 10.1 Å². The maximum Gasteiger partial charge on any atom is 0.224 e.